The second-order valence-electron chi connectivity index (χ2n) is 8.15. The van der Waals surface area contributed by atoms with E-state index in [-0.39, 0.29) is 18.4 Å². The lowest BCUT2D eigenvalue weighted by Crippen LogP contribution is -2.27. The summed E-state index contributed by atoms with van der Waals surface area (Å²) < 4.78 is 14.6. The Kier molecular flexibility index (Phi) is 6.45. The Labute approximate surface area is 191 Å². The Bertz CT molecular complexity index is 1140. The molecular weight excluding hydrogens is 445 g/mol. The Morgan fingerprint density at radius 2 is 1.91 bits per heavy atom. The van der Waals surface area contributed by atoms with Crippen LogP contribution in [0.2, 0.25) is 0 Å². The average Bonchev–Trinajstić information content (AvgIpc) is 3.14. The summed E-state index contributed by atoms with van der Waals surface area (Å²) in [6.07, 6.45) is 4.82. The minimum atomic E-state index is -1.40. The number of benzene rings is 1. The predicted molar refractivity (Wildman–Crippen MR) is 131 cm³/mol. The van der Waals surface area contributed by atoms with E-state index in [4.69, 9.17) is 0 Å². The van der Waals surface area contributed by atoms with E-state index in [0.29, 0.717) is 41.6 Å². The van der Waals surface area contributed by atoms with Crippen molar-refractivity contribution in [2.24, 2.45) is 0 Å². The number of anilines is 2. The van der Waals surface area contributed by atoms with Gasteiger partial charge in [-0.05, 0) is 5.30 Å². The molecule has 0 bridgehead atoms. The van der Waals surface area contributed by atoms with Gasteiger partial charge in [-0.15, -0.1) is 9.24 Å². The van der Waals surface area contributed by atoms with Gasteiger partial charge in [0.2, 0.25) is 0 Å². The van der Waals surface area contributed by atoms with Gasteiger partial charge in [0, 0.05) is 36.8 Å². The van der Waals surface area contributed by atoms with Crippen molar-refractivity contribution < 1.29 is 9.18 Å². The average molecular weight is 470 g/mol. The van der Waals surface area contributed by atoms with E-state index in [2.05, 4.69) is 43.7 Å². The first-order valence-electron chi connectivity index (χ1n) is 10.3. The summed E-state index contributed by atoms with van der Waals surface area (Å²) in [7, 11) is 4.95. The largest absolute Gasteiger partial charge is 0.351 e. The summed E-state index contributed by atoms with van der Waals surface area (Å²) in [4.78, 5) is 32.4. The smallest absolute Gasteiger partial charge is 0.258 e. The fraction of sp³-hybridized carbons (Fsp3) is 0.318. The number of hydrogen-bond acceptors (Lipinski definition) is 6. The van der Waals surface area contributed by atoms with Crippen LogP contribution in [0.3, 0.4) is 0 Å². The molecule has 10 heteroatoms. The molecule has 166 valence electrons. The Morgan fingerprint density at radius 3 is 2.53 bits per heavy atom. The van der Waals surface area contributed by atoms with Crippen molar-refractivity contribution in [2.45, 2.75) is 31.6 Å². The number of nitrogens with one attached hydrogen (secondary N) is 1. The quantitative estimate of drug-likeness (QED) is 0.575. The summed E-state index contributed by atoms with van der Waals surface area (Å²) in [5.74, 6) is 0.933. The van der Waals surface area contributed by atoms with Crippen LogP contribution in [-0.4, -0.2) is 44.3 Å². The van der Waals surface area contributed by atoms with Crippen LogP contribution in [0.1, 0.15) is 42.4 Å². The Balaban J connectivity index is 1.76. The summed E-state index contributed by atoms with van der Waals surface area (Å²) in [6, 6.07) is 7.69. The highest BCUT2D eigenvalue weighted by Gasteiger charge is 2.36. The van der Waals surface area contributed by atoms with Gasteiger partial charge in [0.1, 0.15) is 28.9 Å². The number of alkyl halides is 1. The number of carbonyl (C=O) groups excluding carboxylic acids is 1. The second kappa shape index (κ2) is 9.13. The molecule has 32 heavy (non-hydrogen) atoms. The number of carbonyl (C=O) groups is 1. The molecular formula is C22H25FN6OP2. The molecule has 1 saturated heterocycles. The Hall–Kier alpha value is -2.56. The number of amides is 1. The molecule has 1 aliphatic rings. The zero-order valence-corrected chi connectivity index (χ0v) is 20.2. The van der Waals surface area contributed by atoms with E-state index in [1.807, 2.05) is 43.0 Å². The molecule has 4 rings (SSSR count). The number of hydrogen-bond donors (Lipinski definition) is 1. The van der Waals surface area contributed by atoms with E-state index in [1.165, 1.54) is 18.7 Å². The van der Waals surface area contributed by atoms with Gasteiger partial charge in [0.25, 0.3) is 5.91 Å². The summed E-state index contributed by atoms with van der Waals surface area (Å²) >= 11 is 0. The molecule has 3 atom stereocenters. The first-order valence-corrected chi connectivity index (χ1v) is 11.5. The first kappa shape index (κ1) is 22.6. The minimum absolute atomic E-state index is 0.158. The standard InChI is InChI=1S/C22H25FN6OP2/c1-13(2)19-24-9-14(10-25-19)21(30)28-18-17(15-5-3-4-6-16(15)31)26-12-27-20(18)29-8-7-22(23,32)11-29/h3-6,9-10,12-13H,7-8,11,31-32H2,1-2H3,(H,28,30). The number of aromatic nitrogens is 4. The summed E-state index contributed by atoms with van der Waals surface area (Å²) in [5.41, 5.74) is 2.15. The Morgan fingerprint density at radius 1 is 1.19 bits per heavy atom. The molecule has 0 aliphatic carbocycles. The van der Waals surface area contributed by atoms with Crippen LogP contribution in [0.25, 0.3) is 11.3 Å². The van der Waals surface area contributed by atoms with Crippen LogP contribution in [0.4, 0.5) is 15.9 Å². The van der Waals surface area contributed by atoms with Gasteiger partial charge in [0.05, 0.1) is 12.1 Å². The molecule has 3 unspecified atom stereocenters. The zero-order valence-electron chi connectivity index (χ0n) is 17.9. The summed E-state index contributed by atoms with van der Waals surface area (Å²) in [5, 5.41) is 2.47. The van der Waals surface area contributed by atoms with Crippen molar-refractivity contribution in [3.63, 3.8) is 0 Å². The normalized spacial score (nSPS) is 18.2. The van der Waals surface area contributed by atoms with E-state index in [9.17, 15) is 9.18 Å². The highest BCUT2D eigenvalue weighted by atomic mass is 31.0. The maximum Gasteiger partial charge on any atom is 0.258 e. The fourth-order valence-corrected chi connectivity index (χ4v) is 4.26. The maximum atomic E-state index is 14.6. The van der Waals surface area contributed by atoms with Gasteiger partial charge in [-0.3, -0.25) is 4.79 Å². The molecule has 1 fully saturated rings. The topological polar surface area (TPSA) is 83.9 Å². The molecule has 1 N–H and O–H groups in total. The van der Waals surface area contributed by atoms with Crippen molar-refractivity contribution in [1.82, 2.24) is 19.9 Å². The highest BCUT2D eigenvalue weighted by Crippen LogP contribution is 2.39. The monoisotopic (exact) mass is 470 g/mol. The van der Waals surface area contributed by atoms with E-state index >= 15 is 0 Å². The predicted octanol–water partition coefficient (Wildman–Crippen LogP) is 3.56. The van der Waals surface area contributed by atoms with Crippen LogP contribution >= 0.6 is 18.5 Å². The third-order valence-corrected chi connectivity index (χ3v) is 6.26. The fourth-order valence-electron chi connectivity index (χ4n) is 3.56. The lowest BCUT2D eigenvalue weighted by molar-refractivity contribution is 0.102. The third kappa shape index (κ3) is 4.77. The number of halogens is 1. The highest BCUT2D eigenvalue weighted by molar-refractivity contribution is 7.28. The molecule has 0 radical (unpaired) electrons. The van der Waals surface area contributed by atoms with Crippen molar-refractivity contribution in [2.75, 3.05) is 23.3 Å². The van der Waals surface area contributed by atoms with Crippen LogP contribution in [0, 0.1) is 0 Å². The molecule has 0 saturated carbocycles. The van der Waals surface area contributed by atoms with Crippen molar-refractivity contribution in [1.29, 1.82) is 0 Å². The van der Waals surface area contributed by atoms with Crippen LogP contribution in [-0.2, 0) is 0 Å². The van der Waals surface area contributed by atoms with Crippen molar-refractivity contribution in [3.8, 4) is 11.3 Å². The molecule has 3 heterocycles. The van der Waals surface area contributed by atoms with Crippen LogP contribution in [0.5, 0.6) is 0 Å². The van der Waals surface area contributed by atoms with Crippen molar-refractivity contribution >= 4 is 41.2 Å². The second-order valence-corrected chi connectivity index (χ2v) is 9.81. The van der Waals surface area contributed by atoms with Gasteiger partial charge >= 0.3 is 0 Å². The van der Waals surface area contributed by atoms with Gasteiger partial charge in [-0.25, -0.2) is 24.3 Å². The molecule has 3 aromatic rings. The van der Waals surface area contributed by atoms with E-state index in [1.54, 1.807) is 0 Å². The van der Waals surface area contributed by atoms with Gasteiger partial charge in [0.15, 0.2) is 5.82 Å². The molecule has 7 nitrogen and oxygen atoms in total. The molecule has 1 aromatic carbocycles. The lowest BCUT2D eigenvalue weighted by Gasteiger charge is -2.23. The van der Waals surface area contributed by atoms with Crippen molar-refractivity contribution in [3.05, 3.63) is 54.4 Å². The molecule has 2 aromatic heterocycles. The molecule has 0 spiro atoms. The third-order valence-electron chi connectivity index (χ3n) is 5.28. The van der Waals surface area contributed by atoms with Gasteiger partial charge in [-0.1, -0.05) is 47.4 Å². The van der Waals surface area contributed by atoms with E-state index in [0.717, 1.165) is 10.9 Å². The van der Waals surface area contributed by atoms with Crippen LogP contribution in [0.15, 0.2) is 43.0 Å². The van der Waals surface area contributed by atoms with Gasteiger partial charge < -0.3 is 10.2 Å². The molecule has 1 amide bonds. The first-order chi connectivity index (χ1) is 15.2. The van der Waals surface area contributed by atoms with Crippen LogP contribution < -0.4 is 15.5 Å². The lowest BCUT2D eigenvalue weighted by atomic mass is 10.1. The minimum Gasteiger partial charge on any atom is -0.351 e. The number of rotatable bonds is 5. The summed E-state index contributed by atoms with van der Waals surface area (Å²) in [6.45, 7) is 4.62. The SMILES string of the molecule is CC(C)c1ncc(C(=O)Nc2c(-c3ccccc3P)ncnc2N2CCC(F)(P)C2)cn1. The van der Waals surface area contributed by atoms with Gasteiger partial charge in [-0.2, -0.15) is 0 Å². The number of nitrogens with zero attached hydrogens (tertiary/aromatic N) is 5. The zero-order chi connectivity index (χ0) is 22.9. The van der Waals surface area contributed by atoms with E-state index < -0.39 is 5.41 Å². The molecule has 1 aliphatic heterocycles. The maximum absolute atomic E-state index is 14.6.